The lowest BCUT2D eigenvalue weighted by molar-refractivity contribution is -0.116. The van der Waals surface area contributed by atoms with Crippen LogP contribution in [0.2, 0.25) is 0 Å². The smallest absolute Gasteiger partial charge is 0.335 e. The molecule has 0 amide bonds. The summed E-state index contributed by atoms with van der Waals surface area (Å²) in [4.78, 5) is 21.8. The molecule has 2 aromatic rings. The molecule has 0 saturated carbocycles. The summed E-state index contributed by atoms with van der Waals surface area (Å²) in [6.07, 6.45) is 0.428. The zero-order valence-corrected chi connectivity index (χ0v) is 11.7. The number of benzene rings is 2. The van der Waals surface area contributed by atoms with Gasteiger partial charge in [0.25, 0.3) is 0 Å². The number of hydrogen-bond donors (Lipinski definition) is 1. The Kier molecular flexibility index (Phi) is 4.72. The quantitative estimate of drug-likeness (QED) is 0.885. The maximum atomic E-state index is 11.0. The first-order valence-corrected chi connectivity index (χ1v) is 6.58. The van der Waals surface area contributed by atoms with Crippen LogP contribution >= 0.6 is 0 Å². The lowest BCUT2D eigenvalue weighted by atomic mass is 10.1. The van der Waals surface area contributed by atoms with E-state index in [1.54, 1.807) is 31.2 Å². The van der Waals surface area contributed by atoms with Crippen molar-refractivity contribution in [2.24, 2.45) is 0 Å². The zero-order chi connectivity index (χ0) is 15.2. The van der Waals surface area contributed by atoms with Crippen molar-refractivity contribution in [1.82, 2.24) is 0 Å². The second-order valence-electron chi connectivity index (χ2n) is 4.81. The second-order valence-corrected chi connectivity index (χ2v) is 4.81. The lowest BCUT2D eigenvalue weighted by Crippen LogP contribution is -1.99. The summed E-state index contributed by atoms with van der Waals surface area (Å²) in [6, 6.07) is 13.9. The molecule has 0 spiro atoms. The maximum absolute atomic E-state index is 11.0. The van der Waals surface area contributed by atoms with Gasteiger partial charge in [0.05, 0.1) is 5.56 Å². The van der Waals surface area contributed by atoms with Gasteiger partial charge in [0.15, 0.2) is 0 Å². The highest BCUT2D eigenvalue weighted by Crippen LogP contribution is 2.15. The van der Waals surface area contributed by atoms with E-state index in [0.29, 0.717) is 18.8 Å². The number of aromatic carboxylic acids is 1. The third kappa shape index (κ3) is 4.45. The first-order chi connectivity index (χ1) is 10.0. The van der Waals surface area contributed by atoms with Gasteiger partial charge in [0.1, 0.15) is 18.1 Å². The van der Waals surface area contributed by atoms with Crippen LogP contribution < -0.4 is 4.74 Å². The van der Waals surface area contributed by atoms with Crippen LogP contribution in [0.3, 0.4) is 0 Å². The van der Waals surface area contributed by atoms with Crippen molar-refractivity contribution in [1.29, 1.82) is 0 Å². The Morgan fingerprint density at radius 2 is 1.52 bits per heavy atom. The molecule has 0 fully saturated rings. The highest BCUT2D eigenvalue weighted by Gasteiger charge is 2.03. The standard InChI is InChI=1S/C17H16O4/c1-12(18)10-13-4-8-16(9-5-13)21-11-14-2-6-15(7-3-14)17(19)20/h2-9H,10-11H2,1H3,(H,19,20). The van der Waals surface area contributed by atoms with Crippen molar-refractivity contribution in [2.45, 2.75) is 20.0 Å². The molecule has 0 radical (unpaired) electrons. The molecule has 0 saturated heterocycles. The molecule has 4 nitrogen and oxygen atoms in total. The van der Waals surface area contributed by atoms with Gasteiger partial charge >= 0.3 is 5.97 Å². The number of carbonyl (C=O) groups excluding carboxylic acids is 1. The van der Waals surface area contributed by atoms with Crippen molar-refractivity contribution in [2.75, 3.05) is 0 Å². The predicted octanol–water partition coefficient (Wildman–Crippen LogP) is 3.10. The van der Waals surface area contributed by atoms with E-state index in [0.717, 1.165) is 11.1 Å². The number of carboxylic acid groups (broad SMARTS) is 1. The van der Waals surface area contributed by atoms with Crippen molar-refractivity contribution in [3.05, 3.63) is 65.2 Å². The van der Waals surface area contributed by atoms with Gasteiger partial charge in [-0.2, -0.15) is 0 Å². The Hall–Kier alpha value is -2.62. The van der Waals surface area contributed by atoms with Gasteiger partial charge in [-0.15, -0.1) is 0 Å². The van der Waals surface area contributed by atoms with E-state index in [9.17, 15) is 9.59 Å². The van der Waals surface area contributed by atoms with Crippen molar-refractivity contribution < 1.29 is 19.4 Å². The summed E-state index contributed by atoms with van der Waals surface area (Å²) in [5.41, 5.74) is 2.11. The minimum Gasteiger partial charge on any atom is -0.489 e. The first-order valence-electron chi connectivity index (χ1n) is 6.58. The molecule has 2 rings (SSSR count). The molecule has 0 aromatic heterocycles. The Balaban J connectivity index is 1.93. The minimum atomic E-state index is -0.941. The van der Waals surface area contributed by atoms with Gasteiger partial charge in [0.2, 0.25) is 0 Å². The topological polar surface area (TPSA) is 63.6 Å². The van der Waals surface area contributed by atoms with E-state index in [1.165, 1.54) is 0 Å². The van der Waals surface area contributed by atoms with Crippen LogP contribution in [0.15, 0.2) is 48.5 Å². The van der Waals surface area contributed by atoms with Gasteiger partial charge < -0.3 is 9.84 Å². The molecule has 108 valence electrons. The number of Topliss-reactive ketones (excluding diaryl/α,β-unsaturated/α-hetero) is 1. The van der Waals surface area contributed by atoms with Gasteiger partial charge in [-0.1, -0.05) is 24.3 Å². The molecule has 1 N–H and O–H groups in total. The normalized spacial score (nSPS) is 10.1. The Morgan fingerprint density at radius 1 is 0.952 bits per heavy atom. The molecule has 0 atom stereocenters. The summed E-state index contributed by atoms with van der Waals surface area (Å²) in [5.74, 6) is -0.102. The minimum absolute atomic E-state index is 0.127. The Bertz CT molecular complexity index is 627. The fourth-order valence-corrected chi connectivity index (χ4v) is 1.90. The van der Waals surface area contributed by atoms with Crippen LogP contribution in [0.5, 0.6) is 5.75 Å². The van der Waals surface area contributed by atoms with Crippen molar-refractivity contribution in [3.63, 3.8) is 0 Å². The number of rotatable bonds is 6. The highest BCUT2D eigenvalue weighted by molar-refractivity contribution is 5.87. The molecule has 0 aliphatic heterocycles. The maximum Gasteiger partial charge on any atom is 0.335 e. The zero-order valence-electron chi connectivity index (χ0n) is 11.7. The molecule has 0 unspecified atom stereocenters. The molecule has 21 heavy (non-hydrogen) atoms. The third-order valence-corrected chi connectivity index (χ3v) is 2.98. The van der Waals surface area contributed by atoms with Crippen LogP contribution in [0.1, 0.15) is 28.4 Å². The van der Waals surface area contributed by atoms with E-state index in [4.69, 9.17) is 9.84 Å². The number of hydrogen-bond acceptors (Lipinski definition) is 3. The van der Waals surface area contributed by atoms with E-state index in [2.05, 4.69) is 0 Å². The Labute approximate surface area is 123 Å². The summed E-state index contributed by atoms with van der Waals surface area (Å²) < 4.78 is 5.62. The van der Waals surface area contributed by atoms with Crippen LogP contribution in [-0.2, 0) is 17.8 Å². The SMILES string of the molecule is CC(=O)Cc1ccc(OCc2ccc(C(=O)O)cc2)cc1. The second kappa shape index (κ2) is 6.70. The monoisotopic (exact) mass is 284 g/mol. The predicted molar refractivity (Wildman–Crippen MR) is 78.6 cm³/mol. The summed E-state index contributed by atoms with van der Waals surface area (Å²) in [5, 5.41) is 8.82. The average molecular weight is 284 g/mol. The van der Waals surface area contributed by atoms with Crippen LogP contribution in [0, 0.1) is 0 Å². The average Bonchev–Trinajstić information content (AvgIpc) is 2.46. The molecule has 2 aromatic carbocycles. The lowest BCUT2D eigenvalue weighted by Gasteiger charge is -2.07. The number of carboxylic acids is 1. The summed E-state index contributed by atoms with van der Waals surface area (Å²) >= 11 is 0. The highest BCUT2D eigenvalue weighted by atomic mass is 16.5. The molecule has 0 heterocycles. The van der Waals surface area contributed by atoms with Gasteiger partial charge in [-0.3, -0.25) is 4.79 Å². The largest absolute Gasteiger partial charge is 0.489 e. The fraction of sp³-hybridized carbons (Fsp3) is 0.176. The number of ketones is 1. The number of carbonyl (C=O) groups is 2. The van der Waals surface area contributed by atoms with Gasteiger partial charge in [-0.05, 0) is 42.3 Å². The molecule has 0 aliphatic rings. The van der Waals surface area contributed by atoms with Gasteiger partial charge in [0, 0.05) is 6.42 Å². The molecule has 4 heteroatoms. The third-order valence-electron chi connectivity index (χ3n) is 2.98. The van der Waals surface area contributed by atoms with Crippen LogP contribution in [-0.4, -0.2) is 16.9 Å². The van der Waals surface area contributed by atoms with Crippen LogP contribution in [0.25, 0.3) is 0 Å². The van der Waals surface area contributed by atoms with Gasteiger partial charge in [-0.25, -0.2) is 4.79 Å². The fourth-order valence-electron chi connectivity index (χ4n) is 1.90. The number of ether oxygens (including phenoxy) is 1. The van der Waals surface area contributed by atoms with E-state index in [-0.39, 0.29) is 11.3 Å². The molecule has 0 aliphatic carbocycles. The summed E-state index contributed by atoms with van der Waals surface area (Å²) in [6.45, 7) is 1.93. The molecular formula is C17H16O4. The Morgan fingerprint density at radius 3 is 2.05 bits per heavy atom. The summed E-state index contributed by atoms with van der Waals surface area (Å²) in [7, 11) is 0. The van der Waals surface area contributed by atoms with Crippen molar-refractivity contribution >= 4 is 11.8 Å². The first kappa shape index (κ1) is 14.8. The van der Waals surface area contributed by atoms with E-state index >= 15 is 0 Å². The molecular weight excluding hydrogens is 268 g/mol. The van der Waals surface area contributed by atoms with Crippen molar-refractivity contribution in [3.8, 4) is 5.75 Å². The van der Waals surface area contributed by atoms with E-state index < -0.39 is 5.97 Å². The van der Waals surface area contributed by atoms with Crippen LogP contribution in [0.4, 0.5) is 0 Å². The van der Waals surface area contributed by atoms with E-state index in [1.807, 2.05) is 24.3 Å². The molecule has 0 bridgehead atoms.